The Kier molecular flexibility index (Phi) is 5.56. The summed E-state index contributed by atoms with van der Waals surface area (Å²) in [5, 5.41) is 6.02. The lowest BCUT2D eigenvalue weighted by Gasteiger charge is -2.23. The summed E-state index contributed by atoms with van der Waals surface area (Å²) < 4.78 is 5.27. The number of amides is 1. The molecule has 2 N–H and O–H groups in total. The Morgan fingerprint density at radius 1 is 1.57 bits per heavy atom. The zero-order chi connectivity index (χ0) is 10.2. The van der Waals surface area contributed by atoms with E-state index in [0.29, 0.717) is 13.2 Å². The quantitative estimate of drug-likeness (QED) is 0.627. The lowest BCUT2D eigenvalue weighted by Crippen LogP contribution is -2.44. The first-order valence-corrected chi connectivity index (χ1v) is 5.40. The van der Waals surface area contributed by atoms with Crippen molar-refractivity contribution in [3.05, 3.63) is 0 Å². The Balaban J connectivity index is 2.06. The van der Waals surface area contributed by atoms with Gasteiger partial charge in [0.15, 0.2) is 0 Å². The van der Waals surface area contributed by atoms with E-state index < -0.39 is 0 Å². The molecule has 82 valence electrons. The maximum absolute atomic E-state index is 11.4. The van der Waals surface area contributed by atoms with Crippen LogP contribution in [0, 0.1) is 0 Å². The molecule has 0 spiro atoms. The van der Waals surface area contributed by atoms with Crippen molar-refractivity contribution < 1.29 is 9.53 Å². The Labute approximate surface area is 85.4 Å². The molecule has 0 aromatic carbocycles. The lowest BCUT2D eigenvalue weighted by atomic mass is 10.1. The zero-order valence-corrected chi connectivity index (χ0v) is 8.84. The number of carbonyl (C=O) groups excluding carboxylic acids is 1. The largest absolute Gasteiger partial charge is 0.379 e. The fourth-order valence-electron chi connectivity index (χ4n) is 1.51. The van der Waals surface area contributed by atoms with E-state index in [1.165, 1.54) is 0 Å². The fraction of sp³-hybridized carbons (Fsp3) is 0.900. The smallest absolute Gasteiger partial charge is 0.234 e. The van der Waals surface area contributed by atoms with Crippen LogP contribution in [-0.4, -0.2) is 38.3 Å². The van der Waals surface area contributed by atoms with Crippen LogP contribution < -0.4 is 10.6 Å². The van der Waals surface area contributed by atoms with E-state index in [1.54, 1.807) is 0 Å². The van der Waals surface area contributed by atoms with Crippen molar-refractivity contribution in [1.82, 2.24) is 10.6 Å². The van der Waals surface area contributed by atoms with E-state index in [0.717, 1.165) is 32.4 Å². The number of ether oxygens (including phenoxy) is 1. The normalized spacial score (nSPS) is 21.9. The average Bonchev–Trinajstić information content (AvgIpc) is 2.20. The molecule has 1 unspecified atom stereocenters. The van der Waals surface area contributed by atoms with Gasteiger partial charge in [0.1, 0.15) is 0 Å². The number of rotatable bonds is 5. The third-order valence-corrected chi connectivity index (χ3v) is 2.24. The van der Waals surface area contributed by atoms with E-state index in [-0.39, 0.29) is 11.9 Å². The second-order valence-corrected chi connectivity index (χ2v) is 3.66. The summed E-state index contributed by atoms with van der Waals surface area (Å²) in [6.07, 6.45) is 3.15. The first-order valence-electron chi connectivity index (χ1n) is 5.40. The summed E-state index contributed by atoms with van der Waals surface area (Å²) >= 11 is 0. The zero-order valence-electron chi connectivity index (χ0n) is 8.84. The molecule has 0 radical (unpaired) electrons. The van der Waals surface area contributed by atoms with Crippen LogP contribution in [0.2, 0.25) is 0 Å². The van der Waals surface area contributed by atoms with Gasteiger partial charge < -0.3 is 15.4 Å². The highest BCUT2D eigenvalue weighted by molar-refractivity contribution is 5.78. The highest BCUT2D eigenvalue weighted by Gasteiger charge is 2.15. The molecular weight excluding hydrogens is 180 g/mol. The molecule has 1 amide bonds. The average molecular weight is 200 g/mol. The van der Waals surface area contributed by atoms with E-state index >= 15 is 0 Å². The molecule has 1 atom stereocenters. The maximum atomic E-state index is 11.4. The van der Waals surface area contributed by atoms with Gasteiger partial charge in [-0.25, -0.2) is 0 Å². The molecule has 4 heteroatoms. The molecule has 1 saturated heterocycles. The molecule has 1 rings (SSSR count). The molecule has 1 aliphatic heterocycles. The Morgan fingerprint density at radius 2 is 2.43 bits per heavy atom. The van der Waals surface area contributed by atoms with E-state index in [9.17, 15) is 4.79 Å². The minimum Gasteiger partial charge on any atom is -0.379 e. The Morgan fingerprint density at radius 3 is 3.07 bits per heavy atom. The Bertz CT molecular complexity index is 168. The van der Waals surface area contributed by atoms with Crippen LogP contribution >= 0.6 is 0 Å². The van der Waals surface area contributed by atoms with Crippen molar-refractivity contribution in [2.24, 2.45) is 0 Å². The molecular formula is C10H20N2O2. The predicted octanol–water partition coefficient (Wildman–Crippen LogP) is 0.281. The molecule has 0 aromatic rings. The van der Waals surface area contributed by atoms with Crippen molar-refractivity contribution >= 4 is 5.91 Å². The molecule has 0 aliphatic carbocycles. The third kappa shape index (κ3) is 4.58. The van der Waals surface area contributed by atoms with Gasteiger partial charge in [0.05, 0.1) is 19.2 Å². The number of hydrogen-bond acceptors (Lipinski definition) is 3. The summed E-state index contributed by atoms with van der Waals surface area (Å²) in [5.74, 6) is 0.0777. The number of nitrogens with one attached hydrogen (secondary N) is 2. The van der Waals surface area contributed by atoms with Gasteiger partial charge in [-0.3, -0.25) is 4.79 Å². The minimum atomic E-state index is 0.0777. The van der Waals surface area contributed by atoms with Crippen LogP contribution in [0.3, 0.4) is 0 Å². The monoisotopic (exact) mass is 200 g/mol. The van der Waals surface area contributed by atoms with Gasteiger partial charge in [0.25, 0.3) is 0 Å². The van der Waals surface area contributed by atoms with Crippen molar-refractivity contribution in [2.75, 3.05) is 26.3 Å². The first-order chi connectivity index (χ1) is 6.83. The van der Waals surface area contributed by atoms with Crippen molar-refractivity contribution in [3.8, 4) is 0 Å². The second kappa shape index (κ2) is 6.79. The third-order valence-electron chi connectivity index (χ3n) is 2.24. The van der Waals surface area contributed by atoms with Gasteiger partial charge in [-0.1, -0.05) is 6.92 Å². The van der Waals surface area contributed by atoms with Gasteiger partial charge in [-0.15, -0.1) is 0 Å². The number of carbonyl (C=O) groups is 1. The fourth-order valence-corrected chi connectivity index (χ4v) is 1.51. The van der Waals surface area contributed by atoms with Gasteiger partial charge in [0.2, 0.25) is 5.91 Å². The summed E-state index contributed by atoms with van der Waals surface area (Å²) in [7, 11) is 0. The number of hydrogen-bond donors (Lipinski definition) is 2. The van der Waals surface area contributed by atoms with Crippen molar-refractivity contribution in [3.63, 3.8) is 0 Å². The molecule has 1 aliphatic rings. The molecule has 0 saturated carbocycles. The topological polar surface area (TPSA) is 50.4 Å². The minimum absolute atomic E-state index is 0.0777. The van der Waals surface area contributed by atoms with Crippen LogP contribution in [0.1, 0.15) is 26.2 Å². The second-order valence-electron chi connectivity index (χ2n) is 3.66. The van der Waals surface area contributed by atoms with E-state index in [1.807, 2.05) is 0 Å². The molecule has 0 bridgehead atoms. The van der Waals surface area contributed by atoms with Crippen molar-refractivity contribution in [1.29, 1.82) is 0 Å². The van der Waals surface area contributed by atoms with Crippen LogP contribution in [0.5, 0.6) is 0 Å². The molecule has 1 heterocycles. The van der Waals surface area contributed by atoms with Gasteiger partial charge in [-0.05, 0) is 25.8 Å². The lowest BCUT2D eigenvalue weighted by molar-refractivity contribution is -0.121. The van der Waals surface area contributed by atoms with Gasteiger partial charge in [-0.2, -0.15) is 0 Å². The predicted molar refractivity (Wildman–Crippen MR) is 55.1 cm³/mol. The Hall–Kier alpha value is -0.610. The summed E-state index contributed by atoms with van der Waals surface area (Å²) in [4.78, 5) is 11.4. The SMILES string of the molecule is CCCNCC(=O)NC1CCCOC1. The first kappa shape index (κ1) is 11.5. The van der Waals surface area contributed by atoms with Gasteiger partial charge in [0, 0.05) is 6.61 Å². The summed E-state index contributed by atoms with van der Waals surface area (Å²) in [6.45, 7) is 4.90. The van der Waals surface area contributed by atoms with Crippen molar-refractivity contribution in [2.45, 2.75) is 32.2 Å². The van der Waals surface area contributed by atoms with Crippen LogP contribution in [0.15, 0.2) is 0 Å². The van der Waals surface area contributed by atoms with E-state index in [2.05, 4.69) is 17.6 Å². The highest BCUT2D eigenvalue weighted by atomic mass is 16.5. The summed E-state index contributed by atoms with van der Waals surface area (Å²) in [6, 6.07) is 0.222. The van der Waals surface area contributed by atoms with Gasteiger partial charge >= 0.3 is 0 Å². The van der Waals surface area contributed by atoms with Crippen LogP contribution in [0.4, 0.5) is 0 Å². The molecule has 14 heavy (non-hydrogen) atoms. The molecule has 0 aromatic heterocycles. The summed E-state index contributed by atoms with van der Waals surface area (Å²) in [5.41, 5.74) is 0. The molecule has 4 nitrogen and oxygen atoms in total. The van der Waals surface area contributed by atoms with E-state index in [4.69, 9.17) is 4.74 Å². The molecule has 1 fully saturated rings. The highest BCUT2D eigenvalue weighted by Crippen LogP contribution is 2.04. The van der Waals surface area contributed by atoms with Crippen LogP contribution in [0.25, 0.3) is 0 Å². The maximum Gasteiger partial charge on any atom is 0.234 e. The standard InChI is InChI=1S/C10H20N2O2/c1-2-5-11-7-10(13)12-9-4-3-6-14-8-9/h9,11H,2-8H2,1H3,(H,12,13). The van der Waals surface area contributed by atoms with Crippen LogP contribution in [-0.2, 0) is 9.53 Å².